The largest absolute Gasteiger partial charge is 0.367 e. The first-order chi connectivity index (χ1) is 16.3. The predicted octanol–water partition coefficient (Wildman–Crippen LogP) is 1.59. The van der Waals surface area contributed by atoms with Crippen LogP contribution >= 0.6 is 0 Å². The summed E-state index contributed by atoms with van der Waals surface area (Å²) in [5, 5.41) is 12.4. The van der Waals surface area contributed by atoms with Crippen molar-refractivity contribution in [2.75, 3.05) is 11.9 Å². The number of carbonyl (C=O) groups is 2. The number of nitrogens with two attached hydrogens (primary N) is 1. The molecule has 2 unspecified atom stereocenters. The number of ketones is 2. The molecule has 0 aliphatic heterocycles. The van der Waals surface area contributed by atoms with Crippen LogP contribution in [0.2, 0.25) is 0 Å². The maximum atomic E-state index is 13.1. The first-order valence-corrected chi connectivity index (χ1v) is 12.2. The molecule has 3 aromatic rings. The molecule has 1 saturated carbocycles. The Bertz CT molecular complexity index is 1280. The molecule has 4 rings (SSSR count). The first kappa shape index (κ1) is 23.7. The SMILES string of the molecule is NS(=O)(=O)OCC1CCC(Nc2ncncc2C(=O)c2ccn(CC(=O)c3ccccc3)n2)C1. The lowest BCUT2D eigenvalue weighted by Gasteiger charge is -2.15. The Hall–Kier alpha value is -3.48. The van der Waals surface area contributed by atoms with Crippen molar-refractivity contribution in [3.05, 3.63) is 71.9 Å². The minimum atomic E-state index is -3.97. The maximum Gasteiger partial charge on any atom is 0.333 e. The van der Waals surface area contributed by atoms with Gasteiger partial charge < -0.3 is 5.32 Å². The van der Waals surface area contributed by atoms with Gasteiger partial charge in [-0.05, 0) is 31.2 Å². The van der Waals surface area contributed by atoms with Crippen LogP contribution in [-0.2, 0) is 21.0 Å². The highest BCUT2D eigenvalue weighted by Gasteiger charge is 2.28. The van der Waals surface area contributed by atoms with E-state index in [9.17, 15) is 18.0 Å². The van der Waals surface area contributed by atoms with Crippen LogP contribution in [0.15, 0.2) is 55.1 Å². The Morgan fingerprint density at radius 1 is 1.18 bits per heavy atom. The lowest BCUT2D eigenvalue weighted by atomic mass is 10.1. The van der Waals surface area contributed by atoms with E-state index in [2.05, 4.69) is 20.4 Å². The minimum absolute atomic E-state index is 0.0117. The average molecular weight is 485 g/mol. The molecule has 2 heterocycles. The number of hydrogen-bond donors (Lipinski definition) is 2. The number of Topliss-reactive ketones (excluding diaryl/α,β-unsaturated/α-hetero) is 1. The van der Waals surface area contributed by atoms with E-state index >= 15 is 0 Å². The molecule has 11 nitrogen and oxygen atoms in total. The van der Waals surface area contributed by atoms with Gasteiger partial charge in [0.15, 0.2) is 5.78 Å². The molecule has 0 saturated heterocycles. The fourth-order valence-electron chi connectivity index (χ4n) is 3.92. The number of anilines is 1. The quantitative estimate of drug-likeness (QED) is 0.407. The van der Waals surface area contributed by atoms with Gasteiger partial charge in [0.1, 0.15) is 24.4 Å². The Labute approximate surface area is 196 Å². The van der Waals surface area contributed by atoms with Crippen molar-refractivity contribution in [3.63, 3.8) is 0 Å². The second-order valence-corrected chi connectivity index (χ2v) is 9.32. The van der Waals surface area contributed by atoms with Gasteiger partial charge in [0.05, 0.1) is 12.2 Å². The molecule has 1 fully saturated rings. The van der Waals surface area contributed by atoms with Crippen molar-refractivity contribution in [1.29, 1.82) is 0 Å². The van der Waals surface area contributed by atoms with Gasteiger partial charge in [0.2, 0.25) is 5.78 Å². The van der Waals surface area contributed by atoms with Crippen LogP contribution in [0.4, 0.5) is 5.82 Å². The van der Waals surface area contributed by atoms with Gasteiger partial charge in [-0.25, -0.2) is 15.1 Å². The van der Waals surface area contributed by atoms with Crippen molar-refractivity contribution in [2.24, 2.45) is 11.1 Å². The summed E-state index contributed by atoms with van der Waals surface area (Å²) in [5.74, 6) is -0.0981. The van der Waals surface area contributed by atoms with Gasteiger partial charge in [0, 0.05) is 24.0 Å². The molecule has 0 spiro atoms. The highest BCUT2D eigenvalue weighted by atomic mass is 32.2. The van der Waals surface area contributed by atoms with E-state index in [4.69, 9.17) is 9.32 Å². The molecule has 2 aromatic heterocycles. The van der Waals surface area contributed by atoms with E-state index in [1.807, 2.05) is 6.07 Å². The molecule has 1 aliphatic carbocycles. The van der Waals surface area contributed by atoms with Gasteiger partial charge in [0.25, 0.3) is 0 Å². The summed E-state index contributed by atoms with van der Waals surface area (Å²) in [6.07, 6.45) is 6.49. The first-order valence-electron chi connectivity index (χ1n) is 10.7. The zero-order valence-corrected chi connectivity index (χ0v) is 19.0. The molecule has 0 amide bonds. The van der Waals surface area contributed by atoms with Gasteiger partial charge >= 0.3 is 10.3 Å². The van der Waals surface area contributed by atoms with E-state index in [1.54, 1.807) is 36.5 Å². The second kappa shape index (κ2) is 10.2. The fraction of sp³-hybridized carbons (Fsp3) is 0.318. The molecule has 0 radical (unpaired) electrons. The number of aromatic nitrogens is 4. The van der Waals surface area contributed by atoms with Crippen LogP contribution in [0.3, 0.4) is 0 Å². The second-order valence-electron chi connectivity index (χ2n) is 8.10. The summed E-state index contributed by atoms with van der Waals surface area (Å²) in [4.78, 5) is 33.7. The third-order valence-electron chi connectivity index (χ3n) is 5.58. The highest BCUT2D eigenvalue weighted by Crippen LogP contribution is 2.29. The maximum absolute atomic E-state index is 13.1. The average Bonchev–Trinajstić information content (AvgIpc) is 3.47. The Morgan fingerprint density at radius 3 is 2.74 bits per heavy atom. The standard InChI is InChI=1S/C22H24N6O5S/c23-34(31,32)33-13-15-6-7-17(10-15)26-22-18(11-24-14-25-22)21(30)19-8-9-28(27-19)12-20(29)16-4-2-1-3-5-16/h1-5,8-9,11,14-15,17H,6-7,10,12-13H2,(H2,23,31,32)(H,24,25,26). The minimum Gasteiger partial charge on any atom is -0.367 e. The number of benzene rings is 1. The summed E-state index contributed by atoms with van der Waals surface area (Å²) in [6, 6.07) is 10.4. The number of hydrogen-bond acceptors (Lipinski definition) is 9. The number of carbonyl (C=O) groups excluding carboxylic acids is 2. The molecule has 178 valence electrons. The summed E-state index contributed by atoms with van der Waals surface area (Å²) in [5.41, 5.74) is 0.995. The molecule has 2 atom stereocenters. The van der Waals surface area contributed by atoms with Crippen LogP contribution < -0.4 is 10.5 Å². The fourth-order valence-corrected chi connectivity index (χ4v) is 4.31. The number of nitrogens with one attached hydrogen (secondary N) is 1. The van der Waals surface area contributed by atoms with E-state index in [0.29, 0.717) is 17.8 Å². The monoisotopic (exact) mass is 484 g/mol. The molecule has 1 aliphatic rings. The molecule has 3 N–H and O–H groups in total. The Morgan fingerprint density at radius 2 is 1.97 bits per heavy atom. The molecular formula is C22H24N6O5S. The summed E-state index contributed by atoms with van der Waals surface area (Å²) >= 11 is 0. The van der Waals surface area contributed by atoms with Gasteiger partial charge in [-0.1, -0.05) is 30.3 Å². The smallest absolute Gasteiger partial charge is 0.333 e. The van der Waals surface area contributed by atoms with Crippen molar-refractivity contribution in [1.82, 2.24) is 19.7 Å². The summed E-state index contributed by atoms with van der Waals surface area (Å²) in [7, 11) is -3.97. The summed E-state index contributed by atoms with van der Waals surface area (Å²) < 4.78 is 28.1. The van der Waals surface area contributed by atoms with Crippen LogP contribution in [0.1, 0.15) is 45.7 Å². The molecule has 1 aromatic carbocycles. The molecule has 34 heavy (non-hydrogen) atoms. The van der Waals surface area contributed by atoms with Crippen molar-refractivity contribution in [3.8, 4) is 0 Å². The van der Waals surface area contributed by atoms with Crippen molar-refractivity contribution < 1.29 is 22.2 Å². The molecular weight excluding hydrogens is 460 g/mol. The summed E-state index contributed by atoms with van der Waals surface area (Å²) in [6.45, 7) is 0.0312. The molecule has 12 heteroatoms. The number of nitrogens with zero attached hydrogens (tertiary/aromatic N) is 4. The van der Waals surface area contributed by atoms with Gasteiger partial charge in [-0.15, -0.1) is 0 Å². The van der Waals surface area contributed by atoms with E-state index in [0.717, 1.165) is 12.8 Å². The zero-order chi connectivity index (χ0) is 24.1. The van der Waals surface area contributed by atoms with Crippen molar-refractivity contribution >= 4 is 27.7 Å². The Kier molecular flexibility index (Phi) is 7.10. The van der Waals surface area contributed by atoms with Crippen LogP contribution in [0.25, 0.3) is 0 Å². The number of rotatable bonds is 10. The van der Waals surface area contributed by atoms with Crippen molar-refractivity contribution in [2.45, 2.75) is 31.8 Å². The van der Waals surface area contributed by atoms with E-state index < -0.39 is 10.3 Å². The van der Waals surface area contributed by atoms with E-state index in [1.165, 1.54) is 17.2 Å². The van der Waals surface area contributed by atoms with Crippen LogP contribution in [0.5, 0.6) is 0 Å². The van der Waals surface area contributed by atoms with Crippen LogP contribution in [0, 0.1) is 5.92 Å². The highest BCUT2D eigenvalue weighted by molar-refractivity contribution is 7.84. The predicted molar refractivity (Wildman–Crippen MR) is 122 cm³/mol. The lowest BCUT2D eigenvalue weighted by molar-refractivity contribution is 0.0963. The topological polar surface area (TPSA) is 159 Å². The third-order valence-corrected chi connectivity index (χ3v) is 6.05. The lowest BCUT2D eigenvalue weighted by Crippen LogP contribution is -2.22. The normalized spacial score (nSPS) is 18.0. The zero-order valence-electron chi connectivity index (χ0n) is 18.2. The van der Waals surface area contributed by atoms with E-state index in [-0.39, 0.29) is 47.9 Å². The van der Waals surface area contributed by atoms with Gasteiger partial charge in [-0.2, -0.15) is 13.5 Å². The Balaban J connectivity index is 1.41. The molecule has 0 bridgehead atoms. The van der Waals surface area contributed by atoms with Crippen LogP contribution in [-0.4, -0.2) is 52.4 Å². The van der Waals surface area contributed by atoms with Gasteiger partial charge in [-0.3, -0.25) is 18.5 Å². The third kappa shape index (κ3) is 6.10.